The summed E-state index contributed by atoms with van der Waals surface area (Å²) in [5.74, 6) is 1.82. The summed E-state index contributed by atoms with van der Waals surface area (Å²) in [6.07, 6.45) is 5.52. The van der Waals surface area contributed by atoms with Gasteiger partial charge >= 0.3 is 0 Å². The average Bonchev–Trinajstić information content (AvgIpc) is 2.71. The normalized spacial score (nSPS) is 15.6. The minimum atomic E-state index is 0.428. The summed E-state index contributed by atoms with van der Waals surface area (Å²) >= 11 is 0. The maximum atomic E-state index is 5.11. The predicted octanol–water partition coefficient (Wildman–Crippen LogP) is 1.39. The number of pyridine rings is 1. The van der Waals surface area contributed by atoms with E-state index in [4.69, 9.17) is 4.74 Å². The first-order valence-corrected chi connectivity index (χ1v) is 5.63. The molecule has 3 rings (SSSR count). The molecule has 0 amide bonds. The van der Waals surface area contributed by atoms with Crippen molar-refractivity contribution in [3.63, 3.8) is 0 Å². The van der Waals surface area contributed by atoms with Gasteiger partial charge in [0.2, 0.25) is 0 Å². The SMILES string of the molecule is Cc1nccn1-c1ccc(NC2COC2)cn1. The zero-order valence-electron chi connectivity index (χ0n) is 9.63. The maximum absolute atomic E-state index is 5.11. The van der Waals surface area contributed by atoms with Gasteiger partial charge in [-0.1, -0.05) is 0 Å². The topological polar surface area (TPSA) is 52.0 Å². The fourth-order valence-corrected chi connectivity index (χ4v) is 1.79. The predicted molar refractivity (Wildman–Crippen MR) is 64.3 cm³/mol. The number of nitrogens with one attached hydrogen (secondary N) is 1. The molecule has 0 aliphatic carbocycles. The van der Waals surface area contributed by atoms with Gasteiger partial charge in [-0.15, -0.1) is 0 Å². The molecular weight excluding hydrogens is 216 g/mol. The average molecular weight is 230 g/mol. The highest BCUT2D eigenvalue weighted by Gasteiger charge is 2.17. The number of hydrogen-bond acceptors (Lipinski definition) is 4. The molecule has 0 bridgehead atoms. The van der Waals surface area contributed by atoms with Crippen molar-refractivity contribution in [3.05, 3.63) is 36.5 Å². The molecule has 1 aliphatic rings. The fraction of sp³-hybridized carbons (Fsp3) is 0.333. The van der Waals surface area contributed by atoms with E-state index < -0.39 is 0 Å². The highest BCUT2D eigenvalue weighted by molar-refractivity contribution is 5.45. The highest BCUT2D eigenvalue weighted by Crippen LogP contribution is 2.14. The van der Waals surface area contributed by atoms with Gasteiger partial charge in [0.25, 0.3) is 0 Å². The van der Waals surface area contributed by atoms with E-state index in [9.17, 15) is 0 Å². The monoisotopic (exact) mass is 230 g/mol. The van der Waals surface area contributed by atoms with E-state index in [0.717, 1.165) is 30.5 Å². The van der Waals surface area contributed by atoms with Crippen LogP contribution in [0.15, 0.2) is 30.7 Å². The Bertz CT molecular complexity index is 501. The van der Waals surface area contributed by atoms with Crippen molar-refractivity contribution in [3.8, 4) is 5.82 Å². The van der Waals surface area contributed by atoms with Gasteiger partial charge in [0.1, 0.15) is 11.6 Å². The van der Waals surface area contributed by atoms with Crippen molar-refractivity contribution >= 4 is 5.69 Å². The van der Waals surface area contributed by atoms with Gasteiger partial charge in [0, 0.05) is 12.4 Å². The molecule has 1 fully saturated rings. The Labute approximate surface area is 99.5 Å². The lowest BCUT2D eigenvalue weighted by Gasteiger charge is -2.27. The molecule has 0 radical (unpaired) electrons. The van der Waals surface area contributed by atoms with Crippen molar-refractivity contribution in [1.29, 1.82) is 0 Å². The molecule has 5 heteroatoms. The number of aryl methyl sites for hydroxylation is 1. The highest BCUT2D eigenvalue weighted by atomic mass is 16.5. The molecule has 0 aromatic carbocycles. The largest absolute Gasteiger partial charge is 0.377 e. The van der Waals surface area contributed by atoms with Gasteiger partial charge in [-0.3, -0.25) is 4.57 Å². The van der Waals surface area contributed by atoms with Crippen LogP contribution in [0.2, 0.25) is 0 Å². The molecule has 3 heterocycles. The summed E-state index contributed by atoms with van der Waals surface area (Å²) in [6.45, 7) is 3.52. The molecule has 1 aliphatic heterocycles. The fourth-order valence-electron chi connectivity index (χ4n) is 1.79. The van der Waals surface area contributed by atoms with Gasteiger partial charge < -0.3 is 10.1 Å². The Morgan fingerprint density at radius 1 is 1.35 bits per heavy atom. The summed E-state index contributed by atoms with van der Waals surface area (Å²) in [5, 5.41) is 3.35. The summed E-state index contributed by atoms with van der Waals surface area (Å²) in [4.78, 5) is 8.59. The second-order valence-corrected chi connectivity index (χ2v) is 4.13. The zero-order valence-corrected chi connectivity index (χ0v) is 9.63. The van der Waals surface area contributed by atoms with Crippen molar-refractivity contribution in [2.75, 3.05) is 18.5 Å². The van der Waals surface area contributed by atoms with Crippen LogP contribution in [-0.2, 0) is 4.74 Å². The van der Waals surface area contributed by atoms with E-state index >= 15 is 0 Å². The summed E-state index contributed by atoms with van der Waals surface area (Å²) in [5.41, 5.74) is 1.03. The Balaban J connectivity index is 1.77. The molecule has 0 spiro atoms. The molecule has 0 unspecified atom stereocenters. The van der Waals surface area contributed by atoms with Crippen LogP contribution in [0.25, 0.3) is 5.82 Å². The van der Waals surface area contributed by atoms with E-state index in [1.807, 2.05) is 36.0 Å². The summed E-state index contributed by atoms with van der Waals surface area (Å²) < 4.78 is 7.06. The summed E-state index contributed by atoms with van der Waals surface area (Å²) in [7, 11) is 0. The summed E-state index contributed by atoms with van der Waals surface area (Å²) in [6, 6.07) is 4.44. The number of anilines is 1. The molecular formula is C12H14N4O. The second kappa shape index (κ2) is 4.18. The van der Waals surface area contributed by atoms with Gasteiger partial charge in [0.05, 0.1) is 31.1 Å². The molecule has 5 nitrogen and oxygen atoms in total. The number of aromatic nitrogens is 3. The number of ether oxygens (including phenoxy) is 1. The van der Waals surface area contributed by atoms with Crippen LogP contribution < -0.4 is 5.32 Å². The lowest BCUT2D eigenvalue weighted by molar-refractivity contribution is 0.0211. The van der Waals surface area contributed by atoms with E-state index in [-0.39, 0.29) is 0 Å². The first-order valence-electron chi connectivity index (χ1n) is 5.63. The Morgan fingerprint density at radius 3 is 2.76 bits per heavy atom. The van der Waals surface area contributed by atoms with E-state index in [1.165, 1.54) is 0 Å². The molecule has 0 saturated carbocycles. The smallest absolute Gasteiger partial charge is 0.138 e. The van der Waals surface area contributed by atoms with Crippen LogP contribution in [-0.4, -0.2) is 33.8 Å². The molecule has 2 aromatic heterocycles. The van der Waals surface area contributed by atoms with Crippen molar-refractivity contribution in [2.45, 2.75) is 13.0 Å². The lowest BCUT2D eigenvalue weighted by Crippen LogP contribution is -2.40. The molecule has 0 atom stereocenters. The van der Waals surface area contributed by atoms with Crippen LogP contribution in [0.1, 0.15) is 5.82 Å². The van der Waals surface area contributed by atoms with Crippen LogP contribution in [0, 0.1) is 6.92 Å². The van der Waals surface area contributed by atoms with Crippen molar-refractivity contribution in [1.82, 2.24) is 14.5 Å². The van der Waals surface area contributed by atoms with Crippen molar-refractivity contribution < 1.29 is 4.74 Å². The third-order valence-corrected chi connectivity index (χ3v) is 2.83. The van der Waals surface area contributed by atoms with Crippen molar-refractivity contribution in [2.24, 2.45) is 0 Å². The van der Waals surface area contributed by atoms with E-state index in [1.54, 1.807) is 6.20 Å². The van der Waals surface area contributed by atoms with Crippen LogP contribution >= 0.6 is 0 Å². The lowest BCUT2D eigenvalue weighted by atomic mass is 10.2. The Hall–Kier alpha value is -1.88. The van der Waals surface area contributed by atoms with Crippen LogP contribution in [0.4, 0.5) is 5.69 Å². The number of hydrogen-bond donors (Lipinski definition) is 1. The number of rotatable bonds is 3. The third kappa shape index (κ3) is 2.01. The standard InChI is InChI=1S/C12H14N4O/c1-9-13-4-5-16(9)12-3-2-10(6-14-12)15-11-7-17-8-11/h2-6,11,15H,7-8H2,1H3. The van der Waals surface area contributed by atoms with Gasteiger partial charge in [-0.2, -0.15) is 0 Å². The minimum absolute atomic E-state index is 0.428. The third-order valence-electron chi connectivity index (χ3n) is 2.83. The van der Waals surface area contributed by atoms with Gasteiger partial charge in [0.15, 0.2) is 0 Å². The first-order chi connectivity index (χ1) is 8.33. The molecule has 88 valence electrons. The Kier molecular flexibility index (Phi) is 2.53. The Morgan fingerprint density at radius 2 is 2.24 bits per heavy atom. The molecule has 1 saturated heterocycles. The quantitative estimate of drug-likeness (QED) is 0.865. The minimum Gasteiger partial charge on any atom is -0.377 e. The van der Waals surface area contributed by atoms with Gasteiger partial charge in [-0.05, 0) is 19.1 Å². The number of nitrogens with zero attached hydrogens (tertiary/aromatic N) is 3. The van der Waals surface area contributed by atoms with Crippen LogP contribution in [0.3, 0.4) is 0 Å². The first kappa shape index (κ1) is 10.3. The second-order valence-electron chi connectivity index (χ2n) is 4.13. The molecule has 1 N–H and O–H groups in total. The van der Waals surface area contributed by atoms with Crippen LogP contribution in [0.5, 0.6) is 0 Å². The zero-order chi connectivity index (χ0) is 11.7. The molecule has 2 aromatic rings. The molecule has 17 heavy (non-hydrogen) atoms. The van der Waals surface area contributed by atoms with E-state index in [2.05, 4.69) is 15.3 Å². The van der Waals surface area contributed by atoms with E-state index in [0.29, 0.717) is 6.04 Å². The maximum Gasteiger partial charge on any atom is 0.138 e. The number of imidazole rings is 1. The van der Waals surface area contributed by atoms with Gasteiger partial charge in [-0.25, -0.2) is 9.97 Å².